The molecule has 0 radical (unpaired) electrons. The number of nitrogens with zero attached hydrogens (tertiary/aromatic N) is 1. The maximum Gasteiger partial charge on any atom is 0.261 e. The maximum atomic E-state index is 12.9. The Balaban J connectivity index is 1.94. The quantitative estimate of drug-likeness (QED) is 0.802. The van der Waals surface area contributed by atoms with Gasteiger partial charge in [-0.05, 0) is 49.4 Å². The van der Waals surface area contributed by atoms with Crippen LogP contribution in [0.4, 0.5) is 10.1 Å². The average molecular weight is 322 g/mol. The van der Waals surface area contributed by atoms with Crippen molar-refractivity contribution in [3.8, 4) is 0 Å². The summed E-state index contributed by atoms with van der Waals surface area (Å²) in [5.41, 5.74) is 1.17. The monoisotopic (exact) mass is 322 g/mol. The number of fused-ring (bicyclic) bond motifs is 1. The van der Waals surface area contributed by atoms with Crippen LogP contribution in [0.3, 0.4) is 0 Å². The number of anilines is 1. The highest BCUT2D eigenvalue weighted by molar-refractivity contribution is 7.92. The number of benzene rings is 2. The zero-order valence-electron chi connectivity index (χ0n) is 11.0. The predicted molar refractivity (Wildman–Crippen MR) is 81.6 cm³/mol. The topological polar surface area (TPSA) is 59.1 Å². The second-order valence-corrected chi connectivity index (χ2v) is 7.39. The zero-order chi connectivity index (χ0) is 15.0. The molecule has 0 atom stereocenters. The fraction of sp³-hybridized carbons (Fsp3) is 0.0714. The van der Waals surface area contributed by atoms with E-state index in [0.29, 0.717) is 5.69 Å². The van der Waals surface area contributed by atoms with Gasteiger partial charge in [-0.2, -0.15) is 0 Å². The summed E-state index contributed by atoms with van der Waals surface area (Å²) in [7, 11) is -3.73. The molecule has 0 amide bonds. The molecule has 0 fully saturated rings. The number of halogens is 1. The molecule has 1 heterocycles. The summed E-state index contributed by atoms with van der Waals surface area (Å²) in [6, 6.07) is 9.86. The van der Waals surface area contributed by atoms with Crippen LogP contribution >= 0.6 is 11.3 Å². The van der Waals surface area contributed by atoms with Crippen molar-refractivity contribution in [3.05, 3.63) is 53.3 Å². The third-order valence-electron chi connectivity index (χ3n) is 2.87. The Morgan fingerprint density at radius 2 is 1.86 bits per heavy atom. The molecule has 3 aromatic rings. The van der Waals surface area contributed by atoms with Crippen molar-refractivity contribution in [2.75, 3.05) is 4.72 Å². The molecule has 0 aliphatic rings. The highest BCUT2D eigenvalue weighted by Gasteiger charge is 2.14. The lowest BCUT2D eigenvalue weighted by Crippen LogP contribution is -2.12. The molecular weight excluding hydrogens is 311 g/mol. The summed E-state index contributed by atoms with van der Waals surface area (Å²) in [6.07, 6.45) is 0. The number of sulfonamides is 1. The first-order valence-corrected chi connectivity index (χ1v) is 8.40. The molecular formula is C14H11FN2O2S2. The third kappa shape index (κ3) is 2.88. The van der Waals surface area contributed by atoms with Crippen LogP contribution in [-0.2, 0) is 10.0 Å². The van der Waals surface area contributed by atoms with E-state index in [4.69, 9.17) is 0 Å². The smallest absolute Gasteiger partial charge is 0.261 e. The van der Waals surface area contributed by atoms with E-state index in [9.17, 15) is 12.8 Å². The van der Waals surface area contributed by atoms with Gasteiger partial charge < -0.3 is 0 Å². The van der Waals surface area contributed by atoms with Crippen molar-refractivity contribution in [2.24, 2.45) is 0 Å². The van der Waals surface area contributed by atoms with Gasteiger partial charge in [0.2, 0.25) is 0 Å². The minimum Gasteiger partial charge on any atom is -0.280 e. The van der Waals surface area contributed by atoms with Gasteiger partial charge in [0.1, 0.15) is 5.82 Å². The molecule has 0 aliphatic heterocycles. The molecule has 7 heteroatoms. The summed E-state index contributed by atoms with van der Waals surface area (Å²) >= 11 is 1.55. The van der Waals surface area contributed by atoms with Crippen molar-refractivity contribution < 1.29 is 12.8 Å². The van der Waals surface area contributed by atoms with Crippen molar-refractivity contribution >= 4 is 37.3 Å². The Morgan fingerprint density at radius 3 is 2.57 bits per heavy atom. The normalized spacial score (nSPS) is 11.7. The Labute approximate surface area is 125 Å². The molecule has 0 spiro atoms. The van der Waals surface area contributed by atoms with Crippen LogP contribution < -0.4 is 4.72 Å². The Kier molecular flexibility index (Phi) is 3.38. The van der Waals surface area contributed by atoms with E-state index in [2.05, 4.69) is 9.71 Å². The second kappa shape index (κ2) is 5.09. The lowest BCUT2D eigenvalue weighted by Gasteiger charge is -2.07. The number of aryl methyl sites for hydroxylation is 1. The van der Waals surface area contributed by atoms with Gasteiger partial charge in [0.25, 0.3) is 10.0 Å². The lowest BCUT2D eigenvalue weighted by molar-refractivity contribution is 0.599. The highest BCUT2D eigenvalue weighted by atomic mass is 32.2. The molecule has 1 N–H and O–H groups in total. The van der Waals surface area contributed by atoms with E-state index in [1.54, 1.807) is 23.5 Å². The number of nitrogens with one attached hydrogen (secondary N) is 1. The van der Waals surface area contributed by atoms with Crippen LogP contribution in [0.25, 0.3) is 10.2 Å². The van der Waals surface area contributed by atoms with Crippen LogP contribution in [0, 0.1) is 12.7 Å². The molecule has 0 aliphatic carbocycles. The Hall–Kier alpha value is -1.99. The van der Waals surface area contributed by atoms with E-state index in [1.807, 2.05) is 13.0 Å². The lowest BCUT2D eigenvalue weighted by atomic mass is 10.3. The number of hydrogen-bond acceptors (Lipinski definition) is 4. The van der Waals surface area contributed by atoms with Crippen molar-refractivity contribution in [2.45, 2.75) is 11.8 Å². The second-order valence-electron chi connectivity index (χ2n) is 4.47. The van der Waals surface area contributed by atoms with E-state index < -0.39 is 15.8 Å². The number of hydrogen-bond donors (Lipinski definition) is 1. The van der Waals surface area contributed by atoms with Gasteiger partial charge in [-0.15, -0.1) is 11.3 Å². The van der Waals surface area contributed by atoms with Gasteiger partial charge in [-0.1, -0.05) is 0 Å². The van der Waals surface area contributed by atoms with Gasteiger partial charge >= 0.3 is 0 Å². The molecule has 108 valence electrons. The van der Waals surface area contributed by atoms with E-state index in [0.717, 1.165) is 27.4 Å². The predicted octanol–water partition coefficient (Wildman–Crippen LogP) is 3.54. The van der Waals surface area contributed by atoms with Gasteiger partial charge in [0.05, 0.1) is 25.8 Å². The molecule has 0 saturated heterocycles. The standard InChI is InChI=1S/C14H11FN2O2S2/c1-9-16-13-8-11(4-7-14(13)20-9)17-21(18,19)12-5-2-10(15)3-6-12/h2-8,17H,1H3. The van der Waals surface area contributed by atoms with Crippen LogP contribution in [0.1, 0.15) is 5.01 Å². The van der Waals surface area contributed by atoms with Crippen molar-refractivity contribution in [3.63, 3.8) is 0 Å². The first-order chi connectivity index (χ1) is 9.94. The van der Waals surface area contributed by atoms with Crippen molar-refractivity contribution in [1.82, 2.24) is 4.98 Å². The summed E-state index contributed by atoms with van der Waals surface area (Å²) in [6.45, 7) is 1.90. The maximum absolute atomic E-state index is 12.9. The highest BCUT2D eigenvalue weighted by Crippen LogP contribution is 2.25. The number of rotatable bonds is 3. The van der Waals surface area contributed by atoms with Gasteiger partial charge in [-0.3, -0.25) is 4.72 Å². The minimum absolute atomic E-state index is 0.0125. The van der Waals surface area contributed by atoms with Gasteiger partial charge in [0.15, 0.2) is 0 Å². The molecule has 0 unspecified atom stereocenters. The molecule has 3 rings (SSSR count). The average Bonchev–Trinajstić information content (AvgIpc) is 2.78. The first kappa shape index (κ1) is 14.0. The Morgan fingerprint density at radius 1 is 1.14 bits per heavy atom. The van der Waals surface area contributed by atoms with Gasteiger partial charge in [-0.25, -0.2) is 17.8 Å². The van der Waals surface area contributed by atoms with Crippen LogP contribution in [0.2, 0.25) is 0 Å². The van der Waals surface area contributed by atoms with E-state index in [-0.39, 0.29) is 4.90 Å². The summed E-state index contributed by atoms with van der Waals surface area (Å²) in [4.78, 5) is 4.33. The molecule has 1 aromatic heterocycles. The zero-order valence-corrected chi connectivity index (χ0v) is 12.6. The van der Waals surface area contributed by atoms with Crippen molar-refractivity contribution in [1.29, 1.82) is 0 Å². The summed E-state index contributed by atoms with van der Waals surface area (Å²) in [5.74, 6) is -0.478. The van der Waals surface area contributed by atoms with E-state index >= 15 is 0 Å². The largest absolute Gasteiger partial charge is 0.280 e. The number of aromatic nitrogens is 1. The minimum atomic E-state index is -3.73. The molecule has 2 aromatic carbocycles. The molecule has 21 heavy (non-hydrogen) atoms. The Bertz CT molecular complexity index is 902. The third-order valence-corrected chi connectivity index (χ3v) is 5.22. The van der Waals surface area contributed by atoms with Crippen LogP contribution in [0.5, 0.6) is 0 Å². The fourth-order valence-corrected chi connectivity index (χ4v) is 3.79. The molecule has 4 nitrogen and oxygen atoms in total. The number of thiazole rings is 1. The first-order valence-electron chi connectivity index (χ1n) is 6.10. The van der Waals surface area contributed by atoms with Crippen LogP contribution in [0.15, 0.2) is 47.4 Å². The summed E-state index contributed by atoms with van der Waals surface area (Å²) < 4.78 is 40.7. The molecule has 0 bridgehead atoms. The fourth-order valence-electron chi connectivity index (χ4n) is 1.93. The van der Waals surface area contributed by atoms with E-state index in [1.165, 1.54) is 12.1 Å². The summed E-state index contributed by atoms with van der Waals surface area (Å²) in [5, 5.41) is 0.920. The molecule has 0 saturated carbocycles. The van der Waals surface area contributed by atoms with Gasteiger partial charge in [0, 0.05) is 0 Å². The van der Waals surface area contributed by atoms with Crippen LogP contribution in [-0.4, -0.2) is 13.4 Å². The SMILES string of the molecule is Cc1nc2cc(NS(=O)(=O)c3ccc(F)cc3)ccc2s1.